The van der Waals surface area contributed by atoms with Crippen LogP contribution in [-0.4, -0.2) is 19.8 Å². The van der Waals surface area contributed by atoms with E-state index in [2.05, 4.69) is 5.32 Å². The Morgan fingerprint density at radius 1 is 1.33 bits per heavy atom. The van der Waals surface area contributed by atoms with Crippen molar-refractivity contribution < 1.29 is 17.9 Å². The van der Waals surface area contributed by atoms with E-state index in [1.54, 1.807) is 14.0 Å². The summed E-state index contributed by atoms with van der Waals surface area (Å²) in [5.41, 5.74) is 0.690. The van der Waals surface area contributed by atoms with Crippen LogP contribution in [0.25, 0.3) is 0 Å². The number of hydrogen-bond donors (Lipinski definition) is 1. The molecule has 0 fully saturated rings. The number of anilines is 1. The van der Waals surface area contributed by atoms with Crippen LogP contribution in [0.3, 0.4) is 0 Å². The lowest BCUT2D eigenvalue weighted by atomic mass is 10.1. The van der Waals surface area contributed by atoms with Gasteiger partial charge in [0.05, 0.1) is 5.56 Å². The van der Waals surface area contributed by atoms with Gasteiger partial charge in [-0.05, 0) is 38.0 Å². The second-order valence-corrected chi connectivity index (χ2v) is 4.35. The van der Waals surface area contributed by atoms with E-state index in [1.807, 2.05) is 6.92 Å². The van der Waals surface area contributed by atoms with Gasteiger partial charge in [0.25, 0.3) is 0 Å². The first kappa shape index (κ1) is 14.8. The molecule has 1 aromatic carbocycles. The SMILES string of the molecule is COCCC(C)Nc1cc(C(F)(F)F)ccc1C. The molecule has 1 aromatic rings. The van der Waals surface area contributed by atoms with Crippen molar-refractivity contribution in [1.29, 1.82) is 0 Å². The third kappa shape index (κ3) is 4.22. The quantitative estimate of drug-likeness (QED) is 0.869. The lowest BCUT2D eigenvalue weighted by Gasteiger charge is -2.18. The van der Waals surface area contributed by atoms with Gasteiger partial charge in [-0.25, -0.2) is 0 Å². The molecule has 0 aromatic heterocycles. The Kier molecular flexibility index (Phi) is 5.02. The minimum Gasteiger partial charge on any atom is -0.385 e. The van der Waals surface area contributed by atoms with Gasteiger partial charge in [0.2, 0.25) is 0 Å². The fourth-order valence-corrected chi connectivity index (χ4v) is 1.59. The summed E-state index contributed by atoms with van der Waals surface area (Å²) in [6.07, 6.45) is -3.56. The number of ether oxygens (including phenoxy) is 1. The van der Waals surface area contributed by atoms with Crippen LogP contribution in [0.4, 0.5) is 18.9 Å². The van der Waals surface area contributed by atoms with E-state index in [-0.39, 0.29) is 6.04 Å². The predicted octanol–water partition coefficient (Wildman–Crippen LogP) is 3.85. The molecule has 18 heavy (non-hydrogen) atoms. The van der Waals surface area contributed by atoms with E-state index in [0.717, 1.165) is 24.1 Å². The molecule has 2 nitrogen and oxygen atoms in total. The zero-order valence-corrected chi connectivity index (χ0v) is 10.8. The van der Waals surface area contributed by atoms with Crippen molar-refractivity contribution in [3.8, 4) is 0 Å². The number of rotatable bonds is 5. The molecule has 1 N–H and O–H groups in total. The third-order valence-corrected chi connectivity index (χ3v) is 2.72. The van der Waals surface area contributed by atoms with E-state index in [1.165, 1.54) is 6.07 Å². The van der Waals surface area contributed by atoms with E-state index in [9.17, 15) is 13.2 Å². The smallest absolute Gasteiger partial charge is 0.385 e. The van der Waals surface area contributed by atoms with Gasteiger partial charge < -0.3 is 10.1 Å². The van der Waals surface area contributed by atoms with Crippen molar-refractivity contribution in [3.05, 3.63) is 29.3 Å². The summed E-state index contributed by atoms with van der Waals surface area (Å²) in [7, 11) is 1.60. The second kappa shape index (κ2) is 6.09. The standard InChI is InChI=1S/C13H18F3NO/c1-9-4-5-11(13(14,15)16)8-12(9)17-10(2)6-7-18-3/h4-5,8,10,17H,6-7H2,1-3H3. The van der Waals surface area contributed by atoms with Crippen LogP contribution in [-0.2, 0) is 10.9 Å². The Labute approximate surface area is 105 Å². The van der Waals surface area contributed by atoms with E-state index < -0.39 is 11.7 Å². The molecule has 5 heteroatoms. The number of nitrogens with one attached hydrogen (secondary N) is 1. The number of methoxy groups -OCH3 is 1. The average Bonchev–Trinajstić information content (AvgIpc) is 2.28. The zero-order chi connectivity index (χ0) is 13.8. The molecule has 0 aliphatic heterocycles. The first-order chi connectivity index (χ1) is 8.34. The summed E-state index contributed by atoms with van der Waals surface area (Å²) in [6, 6.07) is 3.79. The largest absolute Gasteiger partial charge is 0.416 e. The minimum absolute atomic E-state index is 0.0622. The van der Waals surface area contributed by atoms with Crippen molar-refractivity contribution in [2.45, 2.75) is 32.5 Å². The Bertz CT molecular complexity index is 390. The molecular formula is C13H18F3NO. The van der Waals surface area contributed by atoms with Gasteiger partial charge in [-0.2, -0.15) is 13.2 Å². The van der Waals surface area contributed by atoms with Crippen molar-refractivity contribution in [2.24, 2.45) is 0 Å². The second-order valence-electron chi connectivity index (χ2n) is 4.35. The Morgan fingerprint density at radius 3 is 2.56 bits per heavy atom. The monoisotopic (exact) mass is 261 g/mol. The van der Waals surface area contributed by atoms with Crippen molar-refractivity contribution in [2.75, 3.05) is 19.0 Å². The molecule has 1 rings (SSSR count). The topological polar surface area (TPSA) is 21.3 Å². The number of benzene rings is 1. The summed E-state index contributed by atoms with van der Waals surface area (Å²) < 4.78 is 42.7. The van der Waals surface area contributed by atoms with Gasteiger partial charge in [-0.15, -0.1) is 0 Å². The highest BCUT2D eigenvalue weighted by atomic mass is 19.4. The molecule has 0 radical (unpaired) electrons. The maximum atomic E-state index is 12.6. The number of halogens is 3. The highest BCUT2D eigenvalue weighted by molar-refractivity contribution is 5.53. The van der Waals surface area contributed by atoms with Gasteiger partial charge in [-0.1, -0.05) is 6.07 Å². The maximum Gasteiger partial charge on any atom is 0.416 e. The van der Waals surface area contributed by atoms with Gasteiger partial charge in [0.1, 0.15) is 0 Å². The third-order valence-electron chi connectivity index (χ3n) is 2.72. The van der Waals surface area contributed by atoms with Crippen LogP contribution in [0, 0.1) is 6.92 Å². The zero-order valence-electron chi connectivity index (χ0n) is 10.8. The normalized spacial score (nSPS) is 13.4. The first-order valence-electron chi connectivity index (χ1n) is 5.78. The lowest BCUT2D eigenvalue weighted by Crippen LogP contribution is -2.18. The van der Waals surface area contributed by atoms with Gasteiger partial charge >= 0.3 is 6.18 Å². The van der Waals surface area contributed by atoms with E-state index >= 15 is 0 Å². The van der Waals surface area contributed by atoms with Gasteiger partial charge in [0, 0.05) is 25.4 Å². The first-order valence-corrected chi connectivity index (χ1v) is 5.78. The molecule has 0 heterocycles. The fourth-order valence-electron chi connectivity index (χ4n) is 1.59. The molecule has 0 saturated heterocycles. The van der Waals surface area contributed by atoms with Crippen LogP contribution < -0.4 is 5.32 Å². The van der Waals surface area contributed by atoms with Crippen molar-refractivity contribution >= 4 is 5.69 Å². The summed E-state index contributed by atoms with van der Waals surface area (Å²) in [5, 5.41) is 3.08. The summed E-state index contributed by atoms with van der Waals surface area (Å²) in [6.45, 7) is 4.27. The molecule has 0 amide bonds. The lowest BCUT2D eigenvalue weighted by molar-refractivity contribution is -0.137. The summed E-state index contributed by atoms with van der Waals surface area (Å²) in [4.78, 5) is 0. The molecule has 0 bridgehead atoms. The molecular weight excluding hydrogens is 243 g/mol. The van der Waals surface area contributed by atoms with Crippen LogP contribution in [0.1, 0.15) is 24.5 Å². The van der Waals surface area contributed by atoms with E-state index in [4.69, 9.17) is 4.74 Å². The Balaban J connectivity index is 2.81. The van der Waals surface area contributed by atoms with Crippen LogP contribution in [0.5, 0.6) is 0 Å². The molecule has 1 atom stereocenters. The molecule has 0 saturated carbocycles. The number of aryl methyl sites for hydroxylation is 1. The van der Waals surface area contributed by atoms with Gasteiger partial charge in [0.15, 0.2) is 0 Å². The minimum atomic E-state index is -4.31. The highest BCUT2D eigenvalue weighted by Crippen LogP contribution is 2.32. The van der Waals surface area contributed by atoms with Gasteiger partial charge in [-0.3, -0.25) is 0 Å². The fraction of sp³-hybridized carbons (Fsp3) is 0.538. The molecule has 0 aliphatic rings. The predicted molar refractivity (Wildman–Crippen MR) is 65.8 cm³/mol. The molecule has 1 unspecified atom stereocenters. The molecule has 102 valence electrons. The maximum absolute atomic E-state index is 12.6. The number of alkyl halides is 3. The number of hydrogen-bond acceptors (Lipinski definition) is 2. The van der Waals surface area contributed by atoms with E-state index in [0.29, 0.717) is 12.3 Å². The van der Waals surface area contributed by atoms with Crippen LogP contribution in [0.15, 0.2) is 18.2 Å². The Morgan fingerprint density at radius 2 is 2.00 bits per heavy atom. The summed E-state index contributed by atoms with van der Waals surface area (Å²) >= 11 is 0. The van der Waals surface area contributed by atoms with Crippen molar-refractivity contribution in [1.82, 2.24) is 0 Å². The van der Waals surface area contributed by atoms with Crippen LogP contribution in [0.2, 0.25) is 0 Å². The molecule has 0 aliphatic carbocycles. The Hall–Kier alpha value is -1.23. The average molecular weight is 261 g/mol. The summed E-state index contributed by atoms with van der Waals surface area (Å²) in [5.74, 6) is 0. The van der Waals surface area contributed by atoms with Crippen molar-refractivity contribution in [3.63, 3.8) is 0 Å². The van der Waals surface area contributed by atoms with Crippen LogP contribution >= 0.6 is 0 Å². The molecule has 0 spiro atoms. The highest BCUT2D eigenvalue weighted by Gasteiger charge is 2.30.